The molecule has 8 heteroatoms. The molecule has 0 atom stereocenters. The van der Waals surface area contributed by atoms with Crippen molar-refractivity contribution in [3.63, 3.8) is 0 Å². The Balaban J connectivity index is 1.60. The molecular formula is C30H23N5O2S. The summed E-state index contributed by atoms with van der Waals surface area (Å²) in [5.74, 6) is 0.619. The van der Waals surface area contributed by atoms with Gasteiger partial charge in [-0.25, -0.2) is 9.55 Å². The Morgan fingerprint density at radius 2 is 1.39 bits per heavy atom. The third-order valence-electron chi connectivity index (χ3n) is 6.82. The van der Waals surface area contributed by atoms with Crippen LogP contribution in [-0.2, 0) is 4.74 Å². The first-order valence-electron chi connectivity index (χ1n) is 12.5. The van der Waals surface area contributed by atoms with Gasteiger partial charge in [0.2, 0.25) is 5.95 Å². The topological polar surface area (TPSA) is 73.1 Å². The Bertz CT molecular complexity index is 1810. The van der Waals surface area contributed by atoms with Crippen LogP contribution in [0, 0.1) is 0 Å². The average molecular weight is 518 g/mol. The second-order valence-electron chi connectivity index (χ2n) is 9.10. The lowest BCUT2D eigenvalue weighted by atomic mass is 9.97. The van der Waals surface area contributed by atoms with Crippen LogP contribution in [0.4, 0.5) is 5.95 Å². The maximum atomic E-state index is 14.2. The number of nitrogens with zero attached hydrogens (tertiary/aromatic N) is 5. The highest BCUT2D eigenvalue weighted by atomic mass is 32.1. The van der Waals surface area contributed by atoms with E-state index in [9.17, 15) is 4.79 Å². The summed E-state index contributed by atoms with van der Waals surface area (Å²) in [4.78, 5) is 22.2. The fraction of sp³-hybridized carbons (Fsp3) is 0.133. The Hall–Kier alpha value is -4.40. The van der Waals surface area contributed by atoms with Crippen LogP contribution in [0.5, 0.6) is 0 Å². The van der Waals surface area contributed by atoms with Gasteiger partial charge in [0, 0.05) is 29.6 Å². The standard InChI is InChI=1S/C30H23N5O2S/c36-29-27-26(31-30(34-16-18-37-19-17-34)35(29)22-14-8-3-9-15-22)24-23(20-10-4-1-5-11-20)25(32-33-28(24)38-27)21-12-6-2-7-13-21/h1-15H,16-19H2. The normalized spacial score (nSPS) is 13.8. The van der Waals surface area contributed by atoms with Crippen molar-refractivity contribution in [3.8, 4) is 28.1 Å². The minimum absolute atomic E-state index is 0.106. The van der Waals surface area contributed by atoms with E-state index in [1.54, 1.807) is 4.57 Å². The number of aromatic nitrogens is 4. The first kappa shape index (κ1) is 22.8. The highest BCUT2D eigenvalue weighted by Gasteiger charge is 2.26. The molecule has 7 rings (SSSR count). The lowest BCUT2D eigenvalue weighted by molar-refractivity contribution is 0.122. The number of para-hydroxylation sites is 1. The first-order chi connectivity index (χ1) is 18.8. The molecule has 186 valence electrons. The van der Waals surface area contributed by atoms with Crippen molar-refractivity contribution in [1.82, 2.24) is 19.7 Å². The Kier molecular flexibility index (Phi) is 5.68. The summed E-state index contributed by atoms with van der Waals surface area (Å²) < 4.78 is 7.89. The minimum Gasteiger partial charge on any atom is -0.378 e. The molecule has 0 saturated carbocycles. The predicted octanol–water partition coefficient (Wildman–Crippen LogP) is 5.56. The van der Waals surface area contributed by atoms with Crippen molar-refractivity contribution >= 4 is 37.7 Å². The van der Waals surface area contributed by atoms with Crippen molar-refractivity contribution in [2.24, 2.45) is 0 Å². The van der Waals surface area contributed by atoms with Gasteiger partial charge < -0.3 is 9.64 Å². The number of rotatable bonds is 4. The number of anilines is 1. The van der Waals surface area contributed by atoms with Gasteiger partial charge in [0.1, 0.15) is 20.7 Å². The maximum Gasteiger partial charge on any atom is 0.277 e. The molecule has 0 N–H and O–H groups in total. The quantitative estimate of drug-likeness (QED) is 0.305. The van der Waals surface area contributed by atoms with Crippen molar-refractivity contribution in [2.45, 2.75) is 0 Å². The molecule has 0 spiro atoms. The van der Waals surface area contributed by atoms with Crippen LogP contribution in [0.25, 0.3) is 48.5 Å². The number of hydrogen-bond acceptors (Lipinski definition) is 7. The number of fused-ring (bicyclic) bond motifs is 3. The van der Waals surface area contributed by atoms with Crippen LogP contribution in [0.15, 0.2) is 95.8 Å². The van der Waals surface area contributed by atoms with E-state index in [0.29, 0.717) is 47.3 Å². The lowest BCUT2D eigenvalue weighted by Gasteiger charge is -2.29. The second-order valence-corrected chi connectivity index (χ2v) is 10.1. The summed E-state index contributed by atoms with van der Waals surface area (Å²) in [5.41, 5.74) is 5.01. The van der Waals surface area contributed by atoms with E-state index in [-0.39, 0.29) is 5.56 Å². The van der Waals surface area contributed by atoms with Crippen LogP contribution in [0.1, 0.15) is 0 Å². The summed E-state index contributed by atoms with van der Waals surface area (Å²) in [6.45, 7) is 2.50. The van der Waals surface area contributed by atoms with E-state index in [4.69, 9.17) is 9.72 Å². The van der Waals surface area contributed by atoms with Crippen LogP contribution in [0.2, 0.25) is 0 Å². The number of hydrogen-bond donors (Lipinski definition) is 0. The molecule has 1 aliphatic heterocycles. The van der Waals surface area contributed by atoms with Crippen molar-refractivity contribution in [3.05, 3.63) is 101 Å². The number of morpholine rings is 1. The van der Waals surface area contributed by atoms with Gasteiger partial charge in [-0.15, -0.1) is 21.5 Å². The van der Waals surface area contributed by atoms with E-state index < -0.39 is 0 Å². The fourth-order valence-corrected chi connectivity index (χ4v) is 6.03. The average Bonchev–Trinajstić information content (AvgIpc) is 3.37. The zero-order valence-electron chi connectivity index (χ0n) is 20.4. The summed E-state index contributed by atoms with van der Waals surface area (Å²) in [6.07, 6.45) is 0. The van der Waals surface area contributed by atoms with Crippen molar-refractivity contribution in [1.29, 1.82) is 0 Å². The Morgan fingerprint density at radius 1 is 0.763 bits per heavy atom. The zero-order valence-corrected chi connectivity index (χ0v) is 21.3. The molecule has 0 amide bonds. The largest absolute Gasteiger partial charge is 0.378 e. The SMILES string of the molecule is O=c1c2sc3nnc(-c4ccccc4)c(-c4ccccc4)c3c2nc(N2CCOCC2)n1-c1ccccc1. The van der Waals surface area contributed by atoms with E-state index in [1.807, 2.05) is 78.9 Å². The fourth-order valence-electron chi connectivity index (χ4n) is 5.03. The highest BCUT2D eigenvalue weighted by molar-refractivity contribution is 7.25. The molecule has 7 nitrogen and oxygen atoms in total. The lowest BCUT2D eigenvalue weighted by Crippen LogP contribution is -2.40. The first-order valence-corrected chi connectivity index (χ1v) is 13.4. The summed E-state index contributed by atoms with van der Waals surface area (Å²) >= 11 is 1.35. The molecule has 38 heavy (non-hydrogen) atoms. The molecule has 1 saturated heterocycles. The molecule has 1 aliphatic rings. The molecule has 0 bridgehead atoms. The molecule has 3 aromatic heterocycles. The van der Waals surface area contributed by atoms with Crippen LogP contribution in [-0.4, -0.2) is 46.1 Å². The van der Waals surface area contributed by atoms with Gasteiger partial charge in [-0.05, 0) is 17.7 Å². The number of thiophene rings is 1. The molecule has 3 aromatic carbocycles. The van der Waals surface area contributed by atoms with E-state index in [0.717, 1.165) is 33.5 Å². The number of benzene rings is 3. The third-order valence-corrected chi connectivity index (χ3v) is 7.87. The van der Waals surface area contributed by atoms with Crippen LogP contribution >= 0.6 is 11.3 Å². The second kappa shape index (κ2) is 9.48. The zero-order chi connectivity index (χ0) is 25.5. The predicted molar refractivity (Wildman–Crippen MR) is 152 cm³/mol. The Labute approximate surface area is 222 Å². The van der Waals surface area contributed by atoms with E-state index in [1.165, 1.54) is 11.3 Å². The summed E-state index contributed by atoms with van der Waals surface area (Å²) in [5, 5.41) is 10.1. The summed E-state index contributed by atoms with van der Waals surface area (Å²) in [6, 6.07) is 29.9. The van der Waals surface area contributed by atoms with Crippen molar-refractivity contribution in [2.75, 3.05) is 31.2 Å². The molecule has 4 heterocycles. The van der Waals surface area contributed by atoms with Gasteiger partial charge in [0.15, 0.2) is 0 Å². The van der Waals surface area contributed by atoms with Gasteiger partial charge >= 0.3 is 0 Å². The number of ether oxygens (including phenoxy) is 1. The molecule has 0 aliphatic carbocycles. The van der Waals surface area contributed by atoms with Crippen molar-refractivity contribution < 1.29 is 4.74 Å². The third kappa shape index (κ3) is 3.77. The van der Waals surface area contributed by atoms with Gasteiger partial charge in [-0.1, -0.05) is 78.9 Å². The van der Waals surface area contributed by atoms with Gasteiger partial charge in [-0.2, -0.15) is 0 Å². The smallest absolute Gasteiger partial charge is 0.277 e. The van der Waals surface area contributed by atoms with E-state index in [2.05, 4.69) is 27.2 Å². The highest BCUT2D eigenvalue weighted by Crippen LogP contribution is 2.42. The van der Waals surface area contributed by atoms with Gasteiger partial charge in [0.05, 0.1) is 18.9 Å². The monoisotopic (exact) mass is 517 g/mol. The molecule has 1 fully saturated rings. The summed E-state index contributed by atoms with van der Waals surface area (Å²) in [7, 11) is 0. The maximum absolute atomic E-state index is 14.2. The molecule has 6 aromatic rings. The Morgan fingerprint density at radius 3 is 2.08 bits per heavy atom. The van der Waals surface area contributed by atoms with Gasteiger partial charge in [-0.3, -0.25) is 4.79 Å². The van der Waals surface area contributed by atoms with E-state index >= 15 is 0 Å². The van der Waals surface area contributed by atoms with Gasteiger partial charge in [0.25, 0.3) is 5.56 Å². The molecular weight excluding hydrogens is 494 g/mol. The minimum atomic E-state index is -0.106. The van der Waals surface area contributed by atoms with Crippen LogP contribution < -0.4 is 10.5 Å². The molecule has 0 radical (unpaired) electrons. The van der Waals surface area contributed by atoms with Crippen LogP contribution in [0.3, 0.4) is 0 Å². The molecule has 0 unspecified atom stereocenters.